The van der Waals surface area contributed by atoms with Gasteiger partial charge in [-0.15, -0.1) is 0 Å². The Labute approximate surface area is 193 Å². The molecule has 0 aliphatic heterocycles. The van der Waals surface area contributed by atoms with Crippen molar-refractivity contribution in [2.75, 3.05) is 12.4 Å². The number of benzene rings is 3. The molecule has 0 saturated carbocycles. The Hall–Kier alpha value is -3.18. The van der Waals surface area contributed by atoms with E-state index in [1.165, 1.54) is 24.0 Å². The summed E-state index contributed by atoms with van der Waals surface area (Å²) in [5.41, 5.74) is 3.15. The van der Waals surface area contributed by atoms with Crippen molar-refractivity contribution in [2.45, 2.75) is 38.7 Å². The fourth-order valence-corrected chi connectivity index (χ4v) is 3.93. The summed E-state index contributed by atoms with van der Waals surface area (Å²) >= 11 is 6.17. The van der Waals surface area contributed by atoms with Crippen LogP contribution in [0.15, 0.2) is 60.7 Å². The summed E-state index contributed by atoms with van der Waals surface area (Å²) < 4.78 is 17.1. The van der Waals surface area contributed by atoms with Crippen LogP contribution in [0.5, 0.6) is 23.0 Å². The summed E-state index contributed by atoms with van der Waals surface area (Å²) in [5, 5.41) is 3.37. The fourth-order valence-electron chi connectivity index (χ4n) is 3.76. The Kier molecular flexibility index (Phi) is 6.86. The second-order valence-electron chi connectivity index (χ2n) is 7.81. The molecule has 1 aliphatic carbocycles. The van der Waals surface area contributed by atoms with Gasteiger partial charge in [-0.25, -0.2) is 0 Å². The number of hydrogen-bond acceptors (Lipinski definition) is 4. The summed E-state index contributed by atoms with van der Waals surface area (Å²) in [7, 11) is 1.59. The van der Waals surface area contributed by atoms with Crippen LogP contribution in [0.3, 0.4) is 0 Å². The number of rotatable bonds is 7. The lowest BCUT2D eigenvalue weighted by Gasteiger charge is -2.20. The number of hydrogen-bond donors (Lipinski definition) is 1. The average Bonchev–Trinajstić information content (AvgIpc) is 2.81. The van der Waals surface area contributed by atoms with Gasteiger partial charge in [-0.3, -0.25) is 4.79 Å². The maximum absolute atomic E-state index is 12.9. The van der Waals surface area contributed by atoms with Crippen LogP contribution in [0.4, 0.5) is 5.69 Å². The fraction of sp³-hybridized carbons (Fsp3) is 0.269. The second kappa shape index (κ2) is 9.96. The molecular weight excluding hydrogens is 426 g/mol. The van der Waals surface area contributed by atoms with Crippen molar-refractivity contribution in [3.8, 4) is 23.0 Å². The predicted molar refractivity (Wildman–Crippen MR) is 126 cm³/mol. The number of anilines is 1. The van der Waals surface area contributed by atoms with Crippen LogP contribution in [-0.2, 0) is 17.6 Å². The van der Waals surface area contributed by atoms with Crippen LogP contribution in [0.25, 0.3) is 0 Å². The molecule has 0 bridgehead atoms. The van der Waals surface area contributed by atoms with E-state index in [-0.39, 0.29) is 5.91 Å². The zero-order chi connectivity index (χ0) is 22.5. The monoisotopic (exact) mass is 451 g/mol. The Morgan fingerprint density at radius 2 is 1.72 bits per heavy atom. The van der Waals surface area contributed by atoms with Crippen LogP contribution in [0.2, 0.25) is 5.02 Å². The molecule has 166 valence electrons. The molecule has 0 unspecified atom stereocenters. The molecule has 1 N–H and O–H groups in total. The Morgan fingerprint density at radius 3 is 2.53 bits per heavy atom. The zero-order valence-corrected chi connectivity index (χ0v) is 18.9. The second-order valence-corrected chi connectivity index (χ2v) is 8.24. The van der Waals surface area contributed by atoms with Crippen LogP contribution in [0, 0.1) is 0 Å². The lowest BCUT2D eigenvalue weighted by atomic mass is 9.92. The van der Waals surface area contributed by atoms with E-state index in [9.17, 15) is 4.79 Å². The molecular formula is C26H26ClNO4. The van der Waals surface area contributed by atoms with Gasteiger partial charge in [-0.2, -0.15) is 0 Å². The average molecular weight is 452 g/mol. The van der Waals surface area contributed by atoms with Gasteiger partial charge in [-0.1, -0.05) is 23.7 Å². The highest BCUT2D eigenvalue weighted by molar-refractivity contribution is 6.31. The van der Waals surface area contributed by atoms with E-state index in [0.29, 0.717) is 33.7 Å². The number of carbonyl (C=O) groups is 1. The van der Waals surface area contributed by atoms with E-state index < -0.39 is 6.10 Å². The molecule has 0 fully saturated rings. The van der Waals surface area contributed by atoms with Crippen molar-refractivity contribution in [1.29, 1.82) is 0 Å². The third-order valence-corrected chi connectivity index (χ3v) is 5.71. The van der Waals surface area contributed by atoms with Gasteiger partial charge in [-0.05, 0) is 86.2 Å². The Morgan fingerprint density at radius 1 is 0.938 bits per heavy atom. The van der Waals surface area contributed by atoms with E-state index in [1.807, 2.05) is 24.3 Å². The largest absolute Gasteiger partial charge is 0.497 e. The smallest absolute Gasteiger partial charge is 0.265 e. The molecule has 0 saturated heterocycles. The van der Waals surface area contributed by atoms with E-state index in [4.69, 9.17) is 25.8 Å². The first-order chi connectivity index (χ1) is 15.5. The number of carbonyl (C=O) groups excluding carboxylic acids is 1. The first kappa shape index (κ1) is 22.0. The van der Waals surface area contributed by atoms with E-state index in [1.54, 1.807) is 38.3 Å². The van der Waals surface area contributed by atoms with E-state index in [2.05, 4.69) is 17.4 Å². The van der Waals surface area contributed by atoms with Gasteiger partial charge in [0.15, 0.2) is 11.9 Å². The molecule has 1 aliphatic rings. The summed E-state index contributed by atoms with van der Waals surface area (Å²) in [5.74, 6) is 2.14. The van der Waals surface area contributed by atoms with Gasteiger partial charge in [0.25, 0.3) is 5.91 Å². The van der Waals surface area contributed by atoms with Crippen LogP contribution in [-0.4, -0.2) is 19.1 Å². The standard InChI is InChI=1S/C26H26ClNO4/c1-17(31-23-12-10-18-6-3-4-7-19(18)14-23)26(29)28-24-15-20(27)11-13-25(24)32-22-9-5-8-21(16-22)30-2/h5,8-17H,3-4,6-7H2,1-2H3,(H,28,29)/t17-/m1/s1. The van der Waals surface area contributed by atoms with Crippen molar-refractivity contribution in [3.63, 3.8) is 0 Å². The minimum Gasteiger partial charge on any atom is -0.497 e. The number of ether oxygens (including phenoxy) is 3. The first-order valence-corrected chi connectivity index (χ1v) is 11.1. The van der Waals surface area contributed by atoms with Gasteiger partial charge in [0.2, 0.25) is 0 Å². The molecule has 3 aromatic rings. The van der Waals surface area contributed by atoms with Crippen LogP contribution >= 0.6 is 11.6 Å². The summed E-state index contributed by atoms with van der Waals surface area (Å²) in [6.07, 6.45) is 3.89. The summed E-state index contributed by atoms with van der Waals surface area (Å²) in [6.45, 7) is 1.72. The minimum absolute atomic E-state index is 0.291. The molecule has 4 rings (SSSR count). The number of aryl methyl sites for hydroxylation is 2. The Bertz CT molecular complexity index is 1110. The molecule has 0 radical (unpaired) electrons. The van der Waals surface area contributed by atoms with Gasteiger partial charge in [0, 0.05) is 11.1 Å². The number of methoxy groups -OCH3 is 1. The minimum atomic E-state index is -0.694. The summed E-state index contributed by atoms with van der Waals surface area (Å²) in [6, 6.07) is 18.4. The lowest BCUT2D eigenvalue weighted by molar-refractivity contribution is -0.122. The molecule has 1 amide bonds. The summed E-state index contributed by atoms with van der Waals surface area (Å²) in [4.78, 5) is 12.9. The van der Waals surface area contributed by atoms with Crippen molar-refractivity contribution < 1.29 is 19.0 Å². The molecule has 1 atom stereocenters. The Balaban J connectivity index is 1.46. The predicted octanol–water partition coefficient (Wildman–Crippen LogP) is 6.43. The van der Waals surface area contributed by atoms with Crippen molar-refractivity contribution in [3.05, 3.63) is 76.8 Å². The maximum atomic E-state index is 12.9. The molecule has 0 spiro atoms. The highest BCUT2D eigenvalue weighted by atomic mass is 35.5. The van der Waals surface area contributed by atoms with Gasteiger partial charge in [0.05, 0.1) is 12.8 Å². The third-order valence-electron chi connectivity index (χ3n) is 5.47. The zero-order valence-electron chi connectivity index (χ0n) is 18.2. The van der Waals surface area contributed by atoms with Crippen LogP contribution in [0.1, 0.15) is 30.9 Å². The normalized spacial score (nSPS) is 13.6. The lowest BCUT2D eigenvalue weighted by Crippen LogP contribution is -2.30. The number of halogens is 1. The number of fused-ring (bicyclic) bond motifs is 1. The van der Waals surface area contributed by atoms with Gasteiger partial charge in [0.1, 0.15) is 17.2 Å². The van der Waals surface area contributed by atoms with Gasteiger partial charge >= 0.3 is 0 Å². The van der Waals surface area contributed by atoms with Crippen LogP contribution < -0.4 is 19.5 Å². The van der Waals surface area contributed by atoms with Crippen molar-refractivity contribution in [1.82, 2.24) is 0 Å². The highest BCUT2D eigenvalue weighted by Gasteiger charge is 2.19. The van der Waals surface area contributed by atoms with Gasteiger partial charge < -0.3 is 19.5 Å². The molecule has 32 heavy (non-hydrogen) atoms. The highest BCUT2D eigenvalue weighted by Crippen LogP contribution is 2.33. The maximum Gasteiger partial charge on any atom is 0.265 e. The number of nitrogens with one attached hydrogen (secondary N) is 1. The quantitative estimate of drug-likeness (QED) is 0.450. The SMILES string of the molecule is COc1cccc(Oc2ccc(Cl)cc2NC(=O)[C@@H](C)Oc2ccc3c(c2)CCCC3)c1. The van der Waals surface area contributed by atoms with E-state index >= 15 is 0 Å². The van der Waals surface area contributed by atoms with Crippen molar-refractivity contribution in [2.24, 2.45) is 0 Å². The molecule has 6 heteroatoms. The molecule has 5 nitrogen and oxygen atoms in total. The number of amides is 1. The van der Waals surface area contributed by atoms with Crippen molar-refractivity contribution >= 4 is 23.2 Å². The van der Waals surface area contributed by atoms with E-state index in [0.717, 1.165) is 12.8 Å². The molecule has 0 aromatic heterocycles. The topological polar surface area (TPSA) is 56.8 Å². The first-order valence-electron chi connectivity index (χ1n) is 10.7. The molecule has 0 heterocycles. The third kappa shape index (κ3) is 5.35. The molecule has 3 aromatic carbocycles.